The van der Waals surface area contributed by atoms with Crippen LogP contribution in [0.25, 0.3) is 0 Å². The van der Waals surface area contributed by atoms with Gasteiger partial charge in [0.25, 0.3) is 0 Å². The highest BCUT2D eigenvalue weighted by Gasteiger charge is 2.26. The van der Waals surface area contributed by atoms with E-state index in [-0.39, 0.29) is 32.5 Å². The van der Waals surface area contributed by atoms with Crippen LogP contribution in [0.4, 0.5) is 0 Å². The van der Waals surface area contributed by atoms with Crippen molar-refractivity contribution < 1.29 is 48.7 Å². The molecule has 0 radical (unpaired) electrons. The van der Waals surface area contributed by atoms with Crippen molar-refractivity contribution in [2.75, 3.05) is 25.6 Å². The summed E-state index contributed by atoms with van der Waals surface area (Å²) < 4.78 is 13.9. The first-order valence-corrected chi connectivity index (χ1v) is 8.04. The highest BCUT2D eigenvalue weighted by Crippen LogP contribution is 2.09. The van der Waals surface area contributed by atoms with E-state index in [2.05, 4.69) is 22.1 Å². The number of carbonyl (C=O) groups is 4. The Kier molecular flexibility index (Phi) is 11.6. The fourth-order valence-corrected chi connectivity index (χ4v) is 1.48. The first-order valence-electron chi connectivity index (χ1n) is 7.40. The Bertz CT molecular complexity index is 463. The quantitative estimate of drug-likeness (QED) is 0.138. The van der Waals surface area contributed by atoms with Crippen LogP contribution in [0.15, 0.2) is 0 Å². The summed E-state index contributed by atoms with van der Waals surface area (Å²) in [5.41, 5.74) is 0. The van der Waals surface area contributed by atoms with Crippen LogP contribution in [0.1, 0.15) is 32.1 Å². The summed E-state index contributed by atoms with van der Waals surface area (Å²) in [7, 11) is 0. The van der Waals surface area contributed by atoms with Gasteiger partial charge in [-0.05, 0) is 0 Å². The summed E-state index contributed by atoms with van der Waals surface area (Å²) in [5, 5.41) is 27.6. The normalized spacial score (nSPS) is 10.8. The molecule has 11 heteroatoms. The van der Waals surface area contributed by atoms with Crippen molar-refractivity contribution in [2.24, 2.45) is 0 Å². The molecule has 0 rings (SSSR count). The van der Waals surface area contributed by atoms with Crippen molar-refractivity contribution in [3.63, 3.8) is 0 Å². The number of carbonyl (C=O) groups excluding carboxylic acids is 3. The number of rotatable bonds is 13. The van der Waals surface area contributed by atoms with Crippen molar-refractivity contribution in [2.45, 2.75) is 37.9 Å². The maximum atomic E-state index is 11.4. The van der Waals surface area contributed by atoms with E-state index >= 15 is 0 Å². The molecule has 0 fully saturated rings. The van der Waals surface area contributed by atoms with Gasteiger partial charge in [0.05, 0.1) is 32.3 Å². The molecule has 0 unspecified atom stereocenters. The lowest BCUT2D eigenvalue weighted by Crippen LogP contribution is -2.36. The van der Waals surface area contributed by atoms with E-state index in [1.807, 2.05) is 0 Å². The number of carboxylic acids is 1. The first-order chi connectivity index (χ1) is 11.7. The number of thiol groups is 1. The fourth-order valence-electron chi connectivity index (χ4n) is 1.39. The zero-order valence-corrected chi connectivity index (χ0v) is 14.4. The van der Waals surface area contributed by atoms with Gasteiger partial charge in [0.15, 0.2) is 0 Å². The lowest BCUT2D eigenvalue weighted by atomic mass is 10.2. The highest BCUT2D eigenvalue weighted by atomic mass is 32.1. The molecular formula is C14H22O10S. The third kappa shape index (κ3) is 14.2. The lowest BCUT2D eigenvalue weighted by Gasteiger charge is -2.21. The van der Waals surface area contributed by atoms with E-state index in [4.69, 9.17) is 9.84 Å². The smallest absolute Gasteiger partial charge is 0.306 e. The SMILES string of the molecule is O=C(O)CCC(=O)OCCC(O)(O)COC(=O)CCC(=O)OCCS. The number of hydrogen-bond acceptors (Lipinski definition) is 10. The van der Waals surface area contributed by atoms with Crippen LogP contribution in [-0.2, 0) is 33.4 Å². The molecule has 0 saturated carbocycles. The summed E-state index contributed by atoms with van der Waals surface area (Å²) in [6, 6.07) is 0. The molecule has 0 aliphatic carbocycles. The van der Waals surface area contributed by atoms with Crippen molar-refractivity contribution >= 4 is 36.5 Å². The summed E-state index contributed by atoms with van der Waals surface area (Å²) in [6.45, 7) is -1.04. The standard InChI is InChI=1S/C14H22O10S/c15-10(16)1-2-11(17)22-6-5-14(20,21)9-24-13(19)4-3-12(18)23-7-8-25/h20-21,25H,1-9H2,(H,15,16). The van der Waals surface area contributed by atoms with Crippen LogP contribution in [0.5, 0.6) is 0 Å². The average molecular weight is 382 g/mol. The van der Waals surface area contributed by atoms with Gasteiger partial charge in [0, 0.05) is 12.2 Å². The summed E-state index contributed by atoms with van der Waals surface area (Å²) in [4.78, 5) is 44.0. The summed E-state index contributed by atoms with van der Waals surface area (Å²) >= 11 is 3.85. The van der Waals surface area contributed by atoms with Gasteiger partial charge in [-0.3, -0.25) is 19.2 Å². The number of aliphatic carboxylic acids is 1. The molecule has 0 spiro atoms. The minimum absolute atomic E-state index is 0.124. The van der Waals surface area contributed by atoms with Crippen molar-refractivity contribution in [3.05, 3.63) is 0 Å². The second-order valence-corrected chi connectivity index (χ2v) is 5.40. The molecule has 0 aromatic heterocycles. The van der Waals surface area contributed by atoms with E-state index in [9.17, 15) is 29.4 Å². The van der Waals surface area contributed by atoms with E-state index in [0.29, 0.717) is 5.75 Å². The minimum Gasteiger partial charge on any atom is -0.481 e. The van der Waals surface area contributed by atoms with Gasteiger partial charge in [0.2, 0.25) is 5.79 Å². The highest BCUT2D eigenvalue weighted by molar-refractivity contribution is 7.80. The van der Waals surface area contributed by atoms with Crippen LogP contribution in [-0.4, -0.2) is 70.6 Å². The molecule has 3 N–H and O–H groups in total. The molecule has 0 bridgehead atoms. The number of carboxylic acid groups (broad SMARTS) is 1. The predicted molar refractivity (Wildman–Crippen MR) is 84.6 cm³/mol. The van der Waals surface area contributed by atoms with E-state index in [1.165, 1.54) is 0 Å². The average Bonchev–Trinajstić information content (AvgIpc) is 2.54. The molecule has 0 atom stereocenters. The number of hydrogen-bond donors (Lipinski definition) is 4. The second-order valence-electron chi connectivity index (χ2n) is 4.95. The van der Waals surface area contributed by atoms with Gasteiger partial charge in [-0.25, -0.2) is 0 Å². The molecule has 0 aliphatic rings. The zero-order valence-electron chi connectivity index (χ0n) is 13.5. The van der Waals surface area contributed by atoms with Crippen molar-refractivity contribution in [1.29, 1.82) is 0 Å². The maximum absolute atomic E-state index is 11.4. The van der Waals surface area contributed by atoms with Crippen LogP contribution in [0, 0.1) is 0 Å². The van der Waals surface area contributed by atoms with E-state index in [0.717, 1.165) is 0 Å². The number of esters is 3. The van der Waals surface area contributed by atoms with Crippen LogP contribution in [0.3, 0.4) is 0 Å². The van der Waals surface area contributed by atoms with E-state index in [1.54, 1.807) is 0 Å². The number of aliphatic hydroxyl groups is 2. The molecule has 0 saturated heterocycles. The van der Waals surface area contributed by atoms with Gasteiger partial charge in [-0.2, -0.15) is 12.6 Å². The molecule has 144 valence electrons. The Balaban J connectivity index is 3.91. The van der Waals surface area contributed by atoms with Gasteiger partial charge < -0.3 is 29.5 Å². The molecule has 10 nitrogen and oxygen atoms in total. The first kappa shape index (κ1) is 23.1. The van der Waals surface area contributed by atoms with Crippen molar-refractivity contribution in [3.8, 4) is 0 Å². The fraction of sp³-hybridized carbons (Fsp3) is 0.714. The Morgan fingerprint density at radius 1 is 0.800 bits per heavy atom. The third-order valence-electron chi connectivity index (χ3n) is 2.66. The molecule has 0 aromatic carbocycles. The molecule has 0 amide bonds. The largest absolute Gasteiger partial charge is 0.481 e. The minimum atomic E-state index is -2.42. The molecule has 0 aliphatic heterocycles. The zero-order chi connectivity index (χ0) is 19.3. The third-order valence-corrected chi connectivity index (χ3v) is 2.84. The molecule has 0 aromatic rings. The molecule has 25 heavy (non-hydrogen) atoms. The summed E-state index contributed by atoms with van der Waals surface area (Å²) in [6.07, 6.45) is -1.67. The second kappa shape index (κ2) is 12.5. The van der Waals surface area contributed by atoms with Crippen molar-refractivity contribution in [1.82, 2.24) is 0 Å². The van der Waals surface area contributed by atoms with Gasteiger partial charge >= 0.3 is 23.9 Å². The van der Waals surface area contributed by atoms with Crippen LogP contribution < -0.4 is 0 Å². The monoisotopic (exact) mass is 382 g/mol. The van der Waals surface area contributed by atoms with E-state index < -0.39 is 49.1 Å². The van der Waals surface area contributed by atoms with Gasteiger partial charge in [0.1, 0.15) is 13.2 Å². The number of ether oxygens (including phenoxy) is 3. The molecular weight excluding hydrogens is 360 g/mol. The molecule has 0 heterocycles. The van der Waals surface area contributed by atoms with Crippen LogP contribution >= 0.6 is 12.6 Å². The Labute approximate surface area is 149 Å². The lowest BCUT2D eigenvalue weighted by molar-refractivity contribution is -0.210. The topological polar surface area (TPSA) is 157 Å². The van der Waals surface area contributed by atoms with Crippen LogP contribution in [0.2, 0.25) is 0 Å². The summed E-state index contributed by atoms with van der Waals surface area (Å²) in [5.74, 6) is -5.44. The predicted octanol–water partition coefficient (Wildman–Crippen LogP) is -0.738. The maximum Gasteiger partial charge on any atom is 0.306 e. The van der Waals surface area contributed by atoms with Gasteiger partial charge in [-0.1, -0.05) is 0 Å². The Morgan fingerprint density at radius 2 is 1.28 bits per heavy atom. The Morgan fingerprint density at radius 3 is 1.80 bits per heavy atom. The van der Waals surface area contributed by atoms with Gasteiger partial charge in [-0.15, -0.1) is 0 Å². The Hall–Kier alpha value is -1.85.